The normalized spacial score (nSPS) is 28.9. The molecule has 2 atom stereocenters. The lowest BCUT2D eigenvalue weighted by molar-refractivity contribution is -0.0212. The largest absolute Gasteiger partial charge is 0.376 e. The van der Waals surface area contributed by atoms with Crippen LogP contribution < -0.4 is 0 Å². The van der Waals surface area contributed by atoms with Crippen LogP contribution in [-0.2, 0) is 11.8 Å². The smallest absolute Gasteiger partial charge is 0.112 e. The first-order valence-corrected chi connectivity index (χ1v) is 8.26. The third kappa shape index (κ3) is 3.84. The number of hydrogen-bond acceptors (Lipinski definition) is 4. The van der Waals surface area contributed by atoms with Crippen molar-refractivity contribution in [2.45, 2.75) is 31.8 Å². The predicted molar refractivity (Wildman–Crippen MR) is 83.5 cm³/mol. The highest BCUT2D eigenvalue weighted by atomic mass is 16.5. The van der Waals surface area contributed by atoms with Crippen LogP contribution in [0, 0.1) is 0 Å². The fraction of sp³-hybridized carbons (Fsp3) is 0.812. The molecule has 2 saturated heterocycles. The van der Waals surface area contributed by atoms with E-state index in [2.05, 4.69) is 39.5 Å². The predicted octanol–water partition coefficient (Wildman–Crippen LogP) is 1.32. The van der Waals surface area contributed by atoms with Gasteiger partial charge in [-0.25, -0.2) is 4.98 Å². The third-order valence-electron chi connectivity index (χ3n) is 4.79. The summed E-state index contributed by atoms with van der Waals surface area (Å²) in [5.74, 6) is 1.85. The summed E-state index contributed by atoms with van der Waals surface area (Å²) in [4.78, 5) is 9.70. The van der Waals surface area contributed by atoms with Gasteiger partial charge in [-0.1, -0.05) is 0 Å². The fourth-order valence-corrected chi connectivity index (χ4v) is 3.62. The highest BCUT2D eigenvalue weighted by molar-refractivity contribution is 5.02. The Hall–Kier alpha value is -0.910. The zero-order valence-electron chi connectivity index (χ0n) is 13.4. The van der Waals surface area contributed by atoms with Crippen LogP contribution in [0.3, 0.4) is 0 Å². The minimum absolute atomic E-state index is 0.389. The fourth-order valence-electron chi connectivity index (χ4n) is 3.62. The number of rotatable bonds is 4. The second-order valence-corrected chi connectivity index (χ2v) is 6.52. The Balaban J connectivity index is 1.49. The molecule has 21 heavy (non-hydrogen) atoms. The Labute approximate surface area is 127 Å². The van der Waals surface area contributed by atoms with Crippen molar-refractivity contribution < 1.29 is 4.74 Å². The first-order chi connectivity index (χ1) is 10.2. The van der Waals surface area contributed by atoms with Crippen LogP contribution in [0.1, 0.15) is 31.5 Å². The van der Waals surface area contributed by atoms with Crippen LogP contribution in [-0.4, -0.2) is 71.3 Å². The van der Waals surface area contributed by atoms with Crippen molar-refractivity contribution in [2.75, 3.05) is 45.9 Å². The summed E-state index contributed by atoms with van der Waals surface area (Å²) in [6, 6.07) is 0. The molecule has 3 rings (SSSR count). The molecule has 2 fully saturated rings. The molecule has 0 bridgehead atoms. The summed E-state index contributed by atoms with van der Waals surface area (Å²) in [5.41, 5.74) is 0. The summed E-state index contributed by atoms with van der Waals surface area (Å²) in [7, 11) is 2.11. The molecule has 0 spiro atoms. The van der Waals surface area contributed by atoms with Crippen LogP contribution in [0.15, 0.2) is 12.4 Å². The van der Waals surface area contributed by atoms with Gasteiger partial charge in [0.1, 0.15) is 5.82 Å². The Morgan fingerprint density at radius 1 is 1.24 bits per heavy atom. The first-order valence-electron chi connectivity index (χ1n) is 8.26. The highest BCUT2D eigenvalue weighted by Crippen LogP contribution is 2.25. The van der Waals surface area contributed by atoms with Gasteiger partial charge in [0.05, 0.1) is 12.7 Å². The average Bonchev–Trinajstić information content (AvgIpc) is 2.92. The standard InChI is InChI=1S/C16H28N4O/c1-14-12-20(10-11-21-14)9-8-19-6-3-4-15(13-19)16-17-5-7-18(16)2/h5,7,14-15H,3-4,6,8-13H2,1-2H3/t14-,15+/m1/s1. The first kappa shape index (κ1) is 15.0. The molecule has 0 N–H and O–H groups in total. The number of hydrogen-bond donors (Lipinski definition) is 0. The number of ether oxygens (including phenoxy) is 1. The van der Waals surface area contributed by atoms with E-state index in [0.29, 0.717) is 12.0 Å². The lowest BCUT2D eigenvalue weighted by Crippen LogP contribution is -2.46. The number of likely N-dealkylation sites (tertiary alicyclic amines) is 1. The van der Waals surface area contributed by atoms with E-state index in [4.69, 9.17) is 4.74 Å². The molecule has 5 heteroatoms. The number of imidazole rings is 1. The summed E-state index contributed by atoms with van der Waals surface area (Å²) >= 11 is 0. The maximum absolute atomic E-state index is 5.61. The summed E-state index contributed by atoms with van der Waals surface area (Å²) in [5, 5.41) is 0. The van der Waals surface area contributed by atoms with Crippen LogP contribution in [0.2, 0.25) is 0 Å². The molecule has 2 aliphatic rings. The van der Waals surface area contributed by atoms with Crippen LogP contribution in [0.5, 0.6) is 0 Å². The van der Waals surface area contributed by atoms with E-state index in [-0.39, 0.29) is 0 Å². The van der Waals surface area contributed by atoms with E-state index in [1.807, 2.05) is 6.20 Å². The lowest BCUT2D eigenvalue weighted by atomic mass is 9.97. The van der Waals surface area contributed by atoms with E-state index >= 15 is 0 Å². The Kier molecular flexibility index (Phi) is 4.93. The molecule has 2 aliphatic heterocycles. The van der Waals surface area contributed by atoms with Gasteiger partial charge >= 0.3 is 0 Å². The Bertz CT molecular complexity index is 447. The van der Waals surface area contributed by atoms with Crippen molar-refractivity contribution in [1.29, 1.82) is 0 Å². The molecule has 5 nitrogen and oxygen atoms in total. The van der Waals surface area contributed by atoms with Crippen LogP contribution >= 0.6 is 0 Å². The molecule has 3 heterocycles. The van der Waals surface area contributed by atoms with Crippen molar-refractivity contribution in [3.05, 3.63) is 18.2 Å². The molecular weight excluding hydrogens is 264 g/mol. The summed E-state index contributed by atoms with van der Waals surface area (Å²) < 4.78 is 7.79. The zero-order chi connectivity index (χ0) is 14.7. The second-order valence-electron chi connectivity index (χ2n) is 6.52. The van der Waals surface area contributed by atoms with E-state index in [1.54, 1.807) is 0 Å². The maximum atomic E-state index is 5.61. The Morgan fingerprint density at radius 3 is 2.76 bits per heavy atom. The van der Waals surface area contributed by atoms with E-state index < -0.39 is 0 Å². The minimum atomic E-state index is 0.389. The van der Waals surface area contributed by atoms with Gasteiger partial charge in [0.15, 0.2) is 0 Å². The quantitative estimate of drug-likeness (QED) is 0.838. The topological polar surface area (TPSA) is 33.5 Å². The second kappa shape index (κ2) is 6.90. The number of aryl methyl sites for hydroxylation is 1. The maximum Gasteiger partial charge on any atom is 0.112 e. The molecule has 0 saturated carbocycles. The van der Waals surface area contributed by atoms with Gasteiger partial charge in [0.2, 0.25) is 0 Å². The molecular formula is C16H28N4O. The van der Waals surface area contributed by atoms with Gasteiger partial charge in [-0.3, -0.25) is 4.90 Å². The van der Waals surface area contributed by atoms with Crippen molar-refractivity contribution in [3.8, 4) is 0 Å². The van der Waals surface area contributed by atoms with E-state index in [1.165, 1.54) is 38.3 Å². The van der Waals surface area contributed by atoms with Gasteiger partial charge in [-0.2, -0.15) is 0 Å². The number of nitrogens with zero attached hydrogens (tertiary/aromatic N) is 4. The third-order valence-corrected chi connectivity index (χ3v) is 4.79. The van der Waals surface area contributed by atoms with Crippen molar-refractivity contribution >= 4 is 0 Å². The SMILES string of the molecule is C[C@@H]1CN(CCN2CCC[C@H](c3nccn3C)C2)CCO1. The van der Waals surface area contributed by atoms with E-state index in [9.17, 15) is 0 Å². The molecule has 0 aliphatic carbocycles. The van der Waals surface area contributed by atoms with Gasteiger partial charge in [0.25, 0.3) is 0 Å². The highest BCUT2D eigenvalue weighted by Gasteiger charge is 2.24. The van der Waals surface area contributed by atoms with Gasteiger partial charge in [-0.15, -0.1) is 0 Å². The van der Waals surface area contributed by atoms with Crippen molar-refractivity contribution in [2.24, 2.45) is 7.05 Å². The van der Waals surface area contributed by atoms with Gasteiger partial charge in [0, 0.05) is 58.1 Å². The average molecular weight is 292 g/mol. The van der Waals surface area contributed by atoms with Crippen LogP contribution in [0.25, 0.3) is 0 Å². The number of piperidine rings is 1. The molecule has 118 valence electrons. The molecule has 1 aromatic heterocycles. The monoisotopic (exact) mass is 292 g/mol. The molecule has 0 aromatic carbocycles. The molecule has 0 radical (unpaired) electrons. The zero-order valence-corrected chi connectivity index (χ0v) is 13.4. The van der Waals surface area contributed by atoms with Gasteiger partial charge in [-0.05, 0) is 26.3 Å². The summed E-state index contributed by atoms with van der Waals surface area (Å²) in [6.07, 6.45) is 6.93. The van der Waals surface area contributed by atoms with Crippen molar-refractivity contribution in [1.82, 2.24) is 19.4 Å². The molecule has 0 unspecified atom stereocenters. The van der Waals surface area contributed by atoms with E-state index in [0.717, 1.165) is 26.2 Å². The van der Waals surface area contributed by atoms with Crippen molar-refractivity contribution in [3.63, 3.8) is 0 Å². The van der Waals surface area contributed by atoms with Gasteiger partial charge < -0.3 is 14.2 Å². The summed E-state index contributed by atoms with van der Waals surface area (Å²) in [6.45, 7) is 9.96. The molecule has 0 amide bonds. The molecule has 1 aromatic rings. The lowest BCUT2D eigenvalue weighted by Gasteiger charge is -2.36. The Morgan fingerprint density at radius 2 is 2.05 bits per heavy atom. The number of morpholine rings is 1. The van der Waals surface area contributed by atoms with Crippen LogP contribution in [0.4, 0.5) is 0 Å². The minimum Gasteiger partial charge on any atom is -0.376 e. The number of aromatic nitrogens is 2.